The second-order valence-corrected chi connectivity index (χ2v) is 6.58. The van der Waals surface area contributed by atoms with Gasteiger partial charge in [0.1, 0.15) is 0 Å². The molecule has 0 bridgehead atoms. The summed E-state index contributed by atoms with van der Waals surface area (Å²) in [6.07, 6.45) is 5.27. The number of halogens is 1. The van der Waals surface area contributed by atoms with E-state index in [0.717, 1.165) is 44.2 Å². The van der Waals surface area contributed by atoms with Crippen LogP contribution in [0.3, 0.4) is 0 Å². The second kappa shape index (κ2) is 7.78. The SMILES string of the molecule is COC1(CN=C(N)N2CCN(c3nccs3)CC2)CCC1.I. The maximum absolute atomic E-state index is 6.14. The number of thiazole rings is 1. The molecule has 1 aliphatic heterocycles. The minimum atomic E-state index is -0.0483. The lowest BCUT2D eigenvalue weighted by Crippen LogP contribution is -2.52. The summed E-state index contributed by atoms with van der Waals surface area (Å²) in [5.41, 5.74) is 6.09. The molecule has 22 heavy (non-hydrogen) atoms. The van der Waals surface area contributed by atoms with Gasteiger partial charge in [-0.25, -0.2) is 4.98 Å². The maximum Gasteiger partial charge on any atom is 0.191 e. The van der Waals surface area contributed by atoms with Gasteiger partial charge in [-0.05, 0) is 19.3 Å². The van der Waals surface area contributed by atoms with Crippen molar-refractivity contribution in [1.29, 1.82) is 0 Å². The smallest absolute Gasteiger partial charge is 0.191 e. The fourth-order valence-corrected chi connectivity index (χ4v) is 3.52. The molecular weight excluding hydrogens is 413 g/mol. The Bertz CT molecular complexity index is 478. The first-order valence-corrected chi connectivity index (χ1v) is 8.35. The van der Waals surface area contributed by atoms with E-state index in [9.17, 15) is 0 Å². The molecule has 1 aliphatic carbocycles. The zero-order chi connectivity index (χ0) is 14.7. The molecule has 0 amide bonds. The molecule has 1 aromatic rings. The first-order valence-electron chi connectivity index (χ1n) is 7.47. The van der Waals surface area contributed by atoms with E-state index in [-0.39, 0.29) is 29.6 Å². The number of aliphatic imine (C=N–C) groups is 1. The van der Waals surface area contributed by atoms with Crippen molar-refractivity contribution in [3.63, 3.8) is 0 Å². The van der Waals surface area contributed by atoms with Crippen molar-refractivity contribution < 1.29 is 4.74 Å². The molecule has 8 heteroatoms. The van der Waals surface area contributed by atoms with Gasteiger partial charge in [-0.2, -0.15) is 0 Å². The largest absolute Gasteiger partial charge is 0.376 e. The Kier molecular flexibility index (Phi) is 6.27. The molecule has 2 fully saturated rings. The van der Waals surface area contributed by atoms with Crippen molar-refractivity contribution in [2.24, 2.45) is 10.7 Å². The number of hydrogen-bond acceptors (Lipinski definition) is 5. The molecule has 0 spiro atoms. The summed E-state index contributed by atoms with van der Waals surface area (Å²) in [5.74, 6) is 0.650. The van der Waals surface area contributed by atoms with Crippen LogP contribution in [0.5, 0.6) is 0 Å². The molecule has 1 saturated heterocycles. The molecule has 1 saturated carbocycles. The predicted molar refractivity (Wildman–Crippen MR) is 101 cm³/mol. The van der Waals surface area contributed by atoms with Gasteiger partial charge >= 0.3 is 0 Å². The third kappa shape index (κ3) is 3.83. The molecule has 0 aromatic carbocycles. The highest BCUT2D eigenvalue weighted by molar-refractivity contribution is 14.0. The molecule has 2 aliphatic rings. The quantitative estimate of drug-likeness (QED) is 0.442. The number of guanidine groups is 1. The summed E-state index contributed by atoms with van der Waals surface area (Å²) >= 11 is 1.68. The van der Waals surface area contributed by atoms with Crippen LogP contribution in [0.1, 0.15) is 19.3 Å². The van der Waals surface area contributed by atoms with Gasteiger partial charge in [-0.3, -0.25) is 4.99 Å². The van der Waals surface area contributed by atoms with Gasteiger partial charge in [-0.15, -0.1) is 35.3 Å². The van der Waals surface area contributed by atoms with E-state index in [0.29, 0.717) is 12.5 Å². The van der Waals surface area contributed by atoms with Crippen molar-refractivity contribution in [3.8, 4) is 0 Å². The fourth-order valence-electron chi connectivity index (χ4n) is 2.82. The lowest BCUT2D eigenvalue weighted by Gasteiger charge is -2.40. The molecule has 0 atom stereocenters. The number of ether oxygens (including phenoxy) is 1. The van der Waals surface area contributed by atoms with Crippen LogP contribution in [0.2, 0.25) is 0 Å². The second-order valence-electron chi connectivity index (χ2n) is 5.70. The summed E-state index contributed by atoms with van der Waals surface area (Å²) in [4.78, 5) is 13.4. The topological polar surface area (TPSA) is 67.0 Å². The van der Waals surface area contributed by atoms with Gasteiger partial charge in [0.05, 0.1) is 12.1 Å². The summed E-state index contributed by atoms with van der Waals surface area (Å²) in [5, 5.41) is 3.11. The molecule has 2 N–H and O–H groups in total. The number of nitrogens with zero attached hydrogens (tertiary/aromatic N) is 4. The number of methoxy groups -OCH3 is 1. The normalized spacial score (nSPS) is 21.2. The molecule has 3 rings (SSSR count). The molecular formula is C14H24IN5OS. The Morgan fingerprint density at radius 2 is 2.14 bits per heavy atom. The van der Waals surface area contributed by atoms with E-state index < -0.39 is 0 Å². The Balaban J connectivity index is 0.00000176. The zero-order valence-electron chi connectivity index (χ0n) is 12.9. The molecule has 0 unspecified atom stereocenters. The first-order chi connectivity index (χ1) is 10.2. The molecule has 6 nitrogen and oxygen atoms in total. The van der Waals surface area contributed by atoms with Gasteiger partial charge in [-0.1, -0.05) is 0 Å². The third-order valence-corrected chi connectivity index (χ3v) is 5.35. The Hall–Kier alpha value is -0.610. The van der Waals surface area contributed by atoms with Crippen LogP contribution < -0.4 is 10.6 Å². The summed E-state index contributed by atoms with van der Waals surface area (Å²) in [6.45, 7) is 4.37. The Labute approximate surface area is 152 Å². The van der Waals surface area contributed by atoms with Crippen LogP contribution >= 0.6 is 35.3 Å². The zero-order valence-corrected chi connectivity index (χ0v) is 16.0. The van der Waals surface area contributed by atoms with E-state index in [1.165, 1.54) is 6.42 Å². The van der Waals surface area contributed by atoms with Gasteiger partial charge in [0.25, 0.3) is 0 Å². The maximum atomic E-state index is 6.14. The number of aromatic nitrogens is 1. The molecule has 124 valence electrons. The van der Waals surface area contributed by atoms with Crippen LogP contribution in [0, 0.1) is 0 Å². The van der Waals surface area contributed by atoms with E-state index in [1.54, 1.807) is 18.4 Å². The van der Waals surface area contributed by atoms with E-state index >= 15 is 0 Å². The van der Waals surface area contributed by atoms with E-state index in [1.807, 2.05) is 11.6 Å². The summed E-state index contributed by atoms with van der Waals surface area (Å²) in [6, 6.07) is 0. The number of rotatable bonds is 4. The van der Waals surface area contributed by atoms with Gasteiger partial charge in [0.15, 0.2) is 11.1 Å². The van der Waals surface area contributed by atoms with Crippen LogP contribution in [-0.2, 0) is 4.74 Å². The molecule has 0 radical (unpaired) electrons. The van der Waals surface area contributed by atoms with Crippen LogP contribution in [0.4, 0.5) is 5.13 Å². The number of piperazine rings is 1. The van der Waals surface area contributed by atoms with Crippen molar-refractivity contribution in [2.45, 2.75) is 24.9 Å². The monoisotopic (exact) mass is 437 g/mol. The van der Waals surface area contributed by atoms with Crippen LogP contribution in [0.15, 0.2) is 16.6 Å². The summed E-state index contributed by atoms with van der Waals surface area (Å²) < 4.78 is 5.58. The lowest BCUT2D eigenvalue weighted by atomic mass is 9.80. The van der Waals surface area contributed by atoms with Gasteiger partial charge in [0.2, 0.25) is 0 Å². The highest BCUT2D eigenvalue weighted by atomic mass is 127. The standard InChI is InChI=1S/C14H23N5OS.HI/c1-20-14(3-2-4-14)11-17-12(15)18-6-8-19(9-7-18)13-16-5-10-21-13;/h5,10H,2-4,6-9,11H2,1H3,(H2,15,17);1H. The minimum Gasteiger partial charge on any atom is -0.376 e. The number of hydrogen-bond donors (Lipinski definition) is 1. The fraction of sp³-hybridized carbons (Fsp3) is 0.714. The average Bonchev–Trinajstić information content (AvgIpc) is 3.01. The lowest BCUT2D eigenvalue weighted by molar-refractivity contribution is -0.0631. The predicted octanol–water partition coefficient (Wildman–Crippen LogP) is 1.77. The average molecular weight is 437 g/mol. The third-order valence-electron chi connectivity index (χ3n) is 4.52. The van der Waals surface area contributed by atoms with E-state index in [2.05, 4.69) is 19.8 Å². The van der Waals surface area contributed by atoms with Crippen molar-refractivity contribution in [2.75, 3.05) is 44.7 Å². The van der Waals surface area contributed by atoms with Crippen molar-refractivity contribution in [3.05, 3.63) is 11.6 Å². The van der Waals surface area contributed by atoms with Crippen LogP contribution in [0.25, 0.3) is 0 Å². The number of nitrogens with two attached hydrogens (primary N) is 1. The van der Waals surface area contributed by atoms with Crippen LogP contribution in [-0.4, -0.2) is 61.3 Å². The van der Waals surface area contributed by atoms with E-state index in [4.69, 9.17) is 10.5 Å². The van der Waals surface area contributed by atoms with Crippen molar-refractivity contribution in [1.82, 2.24) is 9.88 Å². The van der Waals surface area contributed by atoms with Gasteiger partial charge < -0.3 is 20.3 Å². The number of anilines is 1. The Morgan fingerprint density at radius 3 is 2.64 bits per heavy atom. The van der Waals surface area contributed by atoms with Gasteiger partial charge in [0, 0.05) is 44.9 Å². The summed E-state index contributed by atoms with van der Waals surface area (Å²) in [7, 11) is 1.78. The highest BCUT2D eigenvalue weighted by Crippen LogP contribution is 2.35. The molecule has 1 aromatic heterocycles. The Morgan fingerprint density at radius 1 is 1.41 bits per heavy atom. The first kappa shape index (κ1) is 17.7. The molecule has 2 heterocycles. The van der Waals surface area contributed by atoms with Crippen molar-refractivity contribution >= 4 is 46.4 Å². The highest BCUT2D eigenvalue weighted by Gasteiger charge is 2.37. The minimum absolute atomic E-state index is 0.